The number of piperazine rings is 1. The van der Waals surface area contributed by atoms with E-state index in [1.54, 1.807) is 35.2 Å². The van der Waals surface area contributed by atoms with E-state index in [9.17, 15) is 13.2 Å². The Hall–Kier alpha value is -2.38. The first-order valence-corrected chi connectivity index (χ1v) is 11.4. The van der Waals surface area contributed by atoms with Crippen LogP contribution in [0.1, 0.15) is 18.1 Å². The van der Waals surface area contributed by atoms with Gasteiger partial charge in [0.2, 0.25) is 5.91 Å². The summed E-state index contributed by atoms with van der Waals surface area (Å²) in [5.41, 5.74) is 2.32. The summed E-state index contributed by atoms with van der Waals surface area (Å²) in [7, 11) is -3.87. The number of likely N-dealkylation sites (N-methyl/N-ethyl adjacent to an activating group) is 1. The van der Waals surface area contributed by atoms with Crippen molar-refractivity contribution in [2.75, 3.05) is 43.6 Å². The fourth-order valence-electron chi connectivity index (χ4n) is 3.54. The monoisotopic (exact) mass is 415 g/mol. The Morgan fingerprint density at radius 1 is 1.00 bits per heavy atom. The van der Waals surface area contributed by atoms with Crippen LogP contribution < -0.4 is 4.31 Å². The summed E-state index contributed by atoms with van der Waals surface area (Å²) >= 11 is 0. The molecule has 1 saturated heterocycles. The van der Waals surface area contributed by atoms with Crippen LogP contribution in [-0.2, 0) is 14.8 Å². The van der Waals surface area contributed by atoms with E-state index < -0.39 is 10.0 Å². The molecule has 2 aromatic rings. The lowest BCUT2D eigenvalue weighted by molar-refractivity contribution is -0.131. The fraction of sp³-hybridized carbons (Fsp3) is 0.409. The van der Waals surface area contributed by atoms with Gasteiger partial charge in [0, 0.05) is 26.2 Å². The third-order valence-corrected chi connectivity index (χ3v) is 7.19. The van der Waals surface area contributed by atoms with Gasteiger partial charge in [0.25, 0.3) is 10.0 Å². The number of carbonyl (C=O) groups excluding carboxylic acids is 1. The van der Waals surface area contributed by atoms with Crippen molar-refractivity contribution in [3.05, 3.63) is 59.7 Å². The summed E-state index contributed by atoms with van der Waals surface area (Å²) in [6.07, 6.45) is 0. The summed E-state index contributed by atoms with van der Waals surface area (Å²) in [5.74, 6) is -0.166. The van der Waals surface area contributed by atoms with E-state index in [0.717, 1.165) is 30.8 Å². The van der Waals surface area contributed by atoms with Gasteiger partial charge in [0.05, 0.1) is 10.6 Å². The maximum Gasteiger partial charge on any atom is 0.264 e. The van der Waals surface area contributed by atoms with Gasteiger partial charge in [0.15, 0.2) is 0 Å². The van der Waals surface area contributed by atoms with Crippen LogP contribution in [0.15, 0.2) is 53.4 Å². The van der Waals surface area contributed by atoms with Gasteiger partial charge in [-0.3, -0.25) is 9.10 Å². The SMILES string of the molecule is CCN1CCN(C(=O)CN(c2cc(C)ccc2C)S(=O)(=O)c2ccccc2)CC1. The molecule has 1 amide bonds. The van der Waals surface area contributed by atoms with E-state index in [2.05, 4.69) is 11.8 Å². The van der Waals surface area contributed by atoms with Crippen molar-refractivity contribution in [1.29, 1.82) is 0 Å². The van der Waals surface area contributed by atoms with E-state index in [-0.39, 0.29) is 17.3 Å². The van der Waals surface area contributed by atoms with Gasteiger partial charge < -0.3 is 9.80 Å². The second-order valence-corrected chi connectivity index (χ2v) is 9.29. The minimum atomic E-state index is -3.87. The highest BCUT2D eigenvalue weighted by molar-refractivity contribution is 7.92. The standard InChI is InChI=1S/C22H29N3O3S/c1-4-23-12-14-24(15-13-23)22(26)17-25(21-16-18(2)10-11-19(21)3)29(27,28)20-8-6-5-7-9-20/h5-11,16H,4,12-15,17H2,1-3H3. The number of nitrogens with zero attached hydrogens (tertiary/aromatic N) is 3. The van der Waals surface area contributed by atoms with Crippen molar-refractivity contribution in [2.45, 2.75) is 25.7 Å². The average Bonchev–Trinajstić information content (AvgIpc) is 2.74. The van der Waals surface area contributed by atoms with Crippen LogP contribution in [0.2, 0.25) is 0 Å². The van der Waals surface area contributed by atoms with Crippen molar-refractivity contribution in [3.63, 3.8) is 0 Å². The number of anilines is 1. The Morgan fingerprint density at radius 2 is 1.66 bits per heavy atom. The molecule has 29 heavy (non-hydrogen) atoms. The molecule has 0 aromatic heterocycles. The van der Waals surface area contributed by atoms with E-state index in [1.807, 2.05) is 32.0 Å². The maximum atomic E-state index is 13.5. The molecule has 1 aliphatic heterocycles. The number of benzene rings is 2. The van der Waals surface area contributed by atoms with Crippen LogP contribution in [0.5, 0.6) is 0 Å². The number of hydrogen-bond acceptors (Lipinski definition) is 4. The molecule has 3 rings (SSSR count). The van der Waals surface area contributed by atoms with Crippen LogP contribution >= 0.6 is 0 Å². The molecule has 0 unspecified atom stereocenters. The lowest BCUT2D eigenvalue weighted by atomic mass is 10.1. The molecule has 156 valence electrons. The molecule has 1 heterocycles. The zero-order valence-electron chi connectivity index (χ0n) is 17.3. The summed E-state index contributed by atoms with van der Waals surface area (Å²) < 4.78 is 28.2. The molecule has 7 heteroatoms. The van der Waals surface area contributed by atoms with Crippen molar-refractivity contribution in [2.24, 2.45) is 0 Å². The highest BCUT2D eigenvalue weighted by Gasteiger charge is 2.30. The Bertz CT molecular complexity index is 953. The van der Waals surface area contributed by atoms with Crippen molar-refractivity contribution in [3.8, 4) is 0 Å². The summed E-state index contributed by atoms with van der Waals surface area (Å²) in [6, 6.07) is 14.0. The summed E-state index contributed by atoms with van der Waals surface area (Å²) in [6.45, 7) is 9.53. The van der Waals surface area contributed by atoms with Crippen molar-refractivity contribution < 1.29 is 13.2 Å². The Morgan fingerprint density at radius 3 is 2.28 bits per heavy atom. The number of aryl methyl sites for hydroxylation is 2. The summed E-state index contributed by atoms with van der Waals surface area (Å²) in [4.78, 5) is 17.3. The van der Waals surface area contributed by atoms with E-state index in [1.165, 1.54) is 4.31 Å². The molecule has 1 aliphatic rings. The normalized spacial score (nSPS) is 15.3. The molecule has 0 saturated carbocycles. The molecule has 0 radical (unpaired) electrons. The molecule has 2 aromatic carbocycles. The van der Waals surface area contributed by atoms with E-state index in [4.69, 9.17) is 0 Å². The van der Waals surface area contributed by atoms with Gasteiger partial charge in [-0.25, -0.2) is 8.42 Å². The molecule has 1 fully saturated rings. The molecule has 0 aliphatic carbocycles. The molecule has 6 nitrogen and oxygen atoms in total. The van der Waals surface area contributed by atoms with Crippen molar-refractivity contribution in [1.82, 2.24) is 9.80 Å². The van der Waals surface area contributed by atoms with Gasteiger partial charge in [-0.05, 0) is 49.7 Å². The zero-order chi connectivity index (χ0) is 21.0. The maximum absolute atomic E-state index is 13.5. The Labute approximate surface area is 173 Å². The molecule has 0 bridgehead atoms. The topological polar surface area (TPSA) is 60.9 Å². The second-order valence-electron chi connectivity index (χ2n) is 7.43. The minimum absolute atomic E-state index is 0.166. The predicted molar refractivity (Wildman–Crippen MR) is 116 cm³/mol. The summed E-state index contributed by atoms with van der Waals surface area (Å²) in [5, 5.41) is 0. The average molecular weight is 416 g/mol. The van der Waals surface area contributed by atoms with E-state index in [0.29, 0.717) is 18.8 Å². The van der Waals surface area contributed by atoms with Crippen LogP contribution in [0, 0.1) is 13.8 Å². The second kappa shape index (κ2) is 8.97. The fourth-order valence-corrected chi connectivity index (χ4v) is 5.04. The van der Waals surface area contributed by atoms with Gasteiger partial charge in [0.1, 0.15) is 6.54 Å². The number of rotatable bonds is 6. The number of sulfonamides is 1. The number of carbonyl (C=O) groups is 1. The predicted octanol–water partition coefficient (Wildman–Crippen LogP) is 2.66. The lowest BCUT2D eigenvalue weighted by Crippen LogP contribution is -2.51. The molecular formula is C22H29N3O3S. The zero-order valence-corrected chi connectivity index (χ0v) is 18.2. The smallest absolute Gasteiger partial charge is 0.264 e. The lowest BCUT2D eigenvalue weighted by Gasteiger charge is -2.35. The van der Waals surface area contributed by atoms with Crippen molar-refractivity contribution >= 4 is 21.6 Å². The van der Waals surface area contributed by atoms with Gasteiger partial charge in [-0.2, -0.15) is 0 Å². The molecular weight excluding hydrogens is 386 g/mol. The van der Waals surface area contributed by atoms with Crippen LogP contribution in [0.4, 0.5) is 5.69 Å². The molecule has 0 atom stereocenters. The molecule has 0 N–H and O–H groups in total. The number of hydrogen-bond donors (Lipinski definition) is 0. The first kappa shape index (κ1) is 21.3. The largest absolute Gasteiger partial charge is 0.339 e. The third kappa shape index (κ3) is 4.79. The Balaban J connectivity index is 1.94. The van der Waals surface area contributed by atoms with Crippen LogP contribution in [0.3, 0.4) is 0 Å². The Kier molecular flexibility index (Phi) is 6.59. The quantitative estimate of drug-likeness (QED) is 0.728. The minimum Gasteiger partial charge on any atom is -0.339 e. The number of amides is 1. The highest BCUT2D eigenvalue weighted by Crippen LogP contribution is 2.28. The first-order chi connectivity index (χ1) is 13.8. The molecule has 0 spiro atoms. The van der Waals surface area contributed by atoms with Gasteiger partial charge >= 0.3 is 0 Å². The third-order valence-electron chi connectivity index (χ3n) is 5.42. The highest BCUT2D eigenvalue weighted by atomic mass is 32.2. The van der Waals surface area contributed by atoms with Crippen LogP contribution in [-0.4, -0.2) is 63.4 Å². The van der Waals surface area contributed by atoms with Gasteiger partial charge in [-0.15, -0.1) is 0 Å². The van der Waals surface area contributed by atoms with Gasteiger partial charge in [-0.1, -0.05) is 37.3 Å². The van der Waals surface area contributed by atoms with E-state index >= 15 is 0 Å². The first-order valence-electron chi connectivity index (χ1n) is 9.98. The van der Waals surface area contributed by atoms with Crippen LogP contribution in [0.25, 0.3) is 0 Å².